The molecule has 4 aromatic rings. The molecule has 0 aliphatic heterocycles. The maximum atomic E-state index is 12.8. The number of thiazole rings is 1. The van der Waals surface area contributed by atoms with Crippen molar-refractivity contribution in [2.45, 2.75) is 13.8 Å². The average molecular weight is 367 g/mol. The third-order valence-electron chi connectivity index (χ3n) is 4.24. The Labute approximate surface area is 153 Å². The van der Waals surface area contributed by atoms with Gasteiger partial charge in [-0.2, -0.15) is 10.2 Å². The van der Waals surface area contributed by atoms with Gasteiger partial charge in [-0.25, -0.2) is 4.52 Å². The largest absolute Gasteiger partial charge is 0.397 e. The average Bonchev–Trinajstić information content (AvgIpc) is 3.29. The summed E-state index contributed by atoms with van der Waals surface area (Å²) in [5.74, 6) is -0.238. The summed E-state index contributed by atoms with van der Waals surface area (Å²) in [5.41, 5.74) is 10.1. The lowest BCUT2D eigenvalue weighted by Gasteiger charge is -2.11. The molecule has 0 atom stereocenters. The van der Waals surface area contributed by atoms with Crippen LogP contribution in [-0.2, 0) is 7.05 Å². The maximum absolute atomic E-state index is 12.8. The fourth-order valence-electron chi connectivity index (χ4n) is 2.73. The normalized spacial score (nSPS) is 11.2. The first kappa shape index (κ1) is 16.3. The molecule has 0 unspecified atom stereocenters. The number of rotatable bonds is 3. The van der Waals surface area contributed by atoms with Gasteiger partial charge < -0.3 is 11.1 Å². The molecule has 4 heterocycles. The van der Waals surface area contributed by atoms with Gasteiger partial charge in [0.25, 0.3) is 5.91 Å². The van der Waals surface area contributed by atoms with E-state index in [1.807, 2.05) is 33.3 Å². The fourth-order valence-corrected chi connectivity index (χ4v) is 3.77. The van der Waals surface area contributed by atoms with E-state index in [9.17, 15) is 4.79 Å². The molecule has 0 aliphatic carbocycles. The van der Waals surface area contributed by atoms with E-state index in [0.29, 0.717) is 16.9 Å². The zero-order chi connectivity index (χ0) is 18.4. The number of nitrogens with zero attached hydrogens (tertiary/aromatic N) is 5. The molecule has 0 saturated carbocycles. The monoisotopic (exact) mass is 367 g/mol. The number of hydrogen-bond donors (Lipinski definition) is 2. The van der Waals surface area contributed by atoms with Crippen LogP contribution in [-0.4, -0.2) is 30.3 Å². The Hall–Kier alpha value is -3.20. The fraction of sp³-hybridized carbons (Fsp3) is 0.176. The Morgan fingerprint density at radius 1 is 1.19 bits per heavy atom. The number of fused-ring (bicyclic) bond motifs is 1. The Morgan fingerprint density at radius 3 is 2.73 bits per heavy atom. The summed E-state index contributed by atoms with van der Waals surface area (Å²) in [6.45, 7) is 3.69. The van der Waals surface area contributed by atoms with Gasteiger partial charge in [-0.1, -0.05) is 0 Å². The van der Waals surface area contributed by atoms with E-state index in [1.54, 1.807) is 27.8 Å². The highest BCUT2D eigenvalue weighted by atomic mass is 32.1. The van der Waals surface area contributed by atoms with Crippen LogP contribution in [0.2, 0.25) is 0 Å². The standard InChI is InChI=1S/C17H17N7OS/c1-9-13(18)6-19-10(2)15(9)22-16(25)12-5-21-24-8-14(26-17(12)24)11-4-20-23(3)7-11/h4-8H,18H2,1-3H3,(H,22,25). The van der Waals surface area contributed by atoms with Crippen LogP contribution in [0.3, 0.4) is 0 Å². The van der Waals surface area contributed by atoms with Gasteiger partial charge in [0.1, 0.15) is 4.83 Å². The van der Waals surface area contributed by atoms with Crippen molar-refractivity contribution in [2.24, 2.45) is 7.05 Å². The molecule has 0 bridgehead atoms. The van der Waals surface area contributed by atoms with Crippen LogP contribution in [0.15, 0.2) is 31.0 Å². The van der Waals surface area contributed by atoms with E-state index in [1.165, 1.54) is 11.3 Å². The first-order valence-electron chi connectivity index (χ1n) is 7.93. The lowest BCUT2D eigenvalue weighted by molar-refractivity contribution is 0.102. The minimum atomic E-state index is -0.238. The van der Waals surface area contributed by atoms with Crippen molar-refractivity contribution >= 4 is 33.4 Å². The number of aromatic nitrogens is 5. The molecule has 0 radical (unpaired) electrons. The van der Waals surface area contributed by atoms with Crippen molar-refractivity contribution in [1.29, 1.82) is 0 Å². The van der Waals surface area contributed by atoms with Gasteiger partial charge in [0.15, 0.2) is 0 Å². The van der Waals surface area contributed by atoms with Gasteiger partial charge in [0.2, 0.25) is 0 Å². The van der Waals surface area contributed by atoms with Gasteiger partial charge in [-0.15, -0.1) is 11.3 Å². The molecule has 3 N–H and O–H groups in total. The Bertz CT molecular complexity index is 1140. The molecule has 26 heavy (non-hydrogen) atoms. The SMILES string of the molecule is Cc1ncc(N)c(C)c1NC(=O)c1cnn2cc(-c3cnn(C)c3)sc12. The van der Waals surface area contributed by atoms with Crippen LogP contribution in [0.5, 0.6) is 0 Å². The van der Waals surface area contributed by atoms with Gasteiger partial charge in [-0.3, -0.25) is 14.5 Å². The van der Waals surface area contributed by atoms with Crippen molar-refractivity contribution < 1.29 is 4.79 Å². The number of hydrogen-bond acceptors (Lipinski definition) is 6. The van der Waals surface area contributed by atoms with Crippen LogP contribution >= 0.6 is 11.3 Å². The first-order chi connectivity index (χ1) is 12.4. The third kappa shape index (κ3) is 2.62. The predicted molar refractivity (Wildman–Crippen MR) is 101 cm³/mol. The molecular formula is C17H17N7OS. The minimum Gasteiger partial charge on any atom is -0.397 e. The molecule has 4 aromatic heterocycles. The summed E-state index contributed by atoms with van der Waals surface area (Å²) in [5, 5.41) is 11.4. The smallest absolute Gasteiger partial charge is 0.260 e. The van der Waals surface area contributed by atoms with Crippen LogP contribution in [0.4, 0.5) is 11.4 Å². The van der Waals surface area contributed by atoms with Crippen LogP contribution in [0, 0.1) is 13.8 Å². The number of anilines is 2. The minimum absolute atomic E-state index is 0.238. The number of aryl methyl sites for hydroxylation is 2. The highest BCUT2D eigenvalue weighted by Crippen LogP contribution is 2.31. The molecule has 132 valence electrons. The second kappa shape index (κ2) is 5.95. The van der Waals surface area contributed by atoms with E-state index in [-0.39, 0.29) is 5.91 Å². The summed E-state index contributed by atoms with van der Waals surface area (Å²) in [6, 6.07) is 0. The van der Waals surface area contributed by atoms with E-state index in [4.69, 9.17) is 5.73 Å². The van der Waals surface area contributed by atoms with Crippen molar-refractivity contribution in [1.82, 2.24) is 24.4 Å². The van der Waals surface area contributed by atoms with Crippen LogP contribution in [0.25, 0.3) is 15.3 Å². The molecule has 8 nitrogen and oxygen atoms in total. The number of amides is 1. The molecule has 4 rings (SSSR count). The number of carbonyl (C=O) groups is 1. The molecule has 9 heteroatoms. The maximum Gasteiger partial charge on any atom is 0.260 e. The van der Waals surface area contributed by atoms with E-state index in [2.05, 4.69) is 20.5 Å². The Kier molecular flexibility index (Phi) is 3.73. The number of nitrogens with two attached hydrogens (primary N) is 1. The van der Waals surface area contributed by atoms with Crippen molar-refractivity contribution in [3.8, 4) is 10.4 Å². The second-order valence-corrected chi connectivity index (χ2v) is 7.09. The van der Waals surface area contributed by atoms with E-state index < -0.39 is 0 Å². The summed E-state index contributed by atoms with van der Waals surface area (Å²) < 4.78 is 3.45. The number of pyridine rings is 1. The highest BCUT2D eigenvalue weighted by molar-refractivity contribution is 7.21. The molecule has 0 fully saturated rings. The molecule has 0 spiro atoms. The van der Waals surface area contributed by atoms with Crippen molar-refractivity contribution in [3.63, 3.8) is 0 Å². The Morgan fingerprint density at radius 2 is 2.00 bits per heavy atom. The summed E-state index contributed by atoms with van der Waals surface area (Å²) >= 11 is 1.49. The van der Waals surface area contributed by atoms with Crippen LogP contribution < -0.4 is 11.1 Å². The van der Waals surface area contributed by atoms with E-state index >= 15 is 0 Å². The van der Waals surface area contributed by atoms with Gasteiger partial charge >= 0.3 is 0 Å². The van der Waals surface area contributed by atoms with Gasteiger partial charge in [0, 0.05) is 25.0 Å². The lowest BCUT2D eigenvalue weighted by Crippen LogP contribution is -2.14. The predicted octanol–water partition coefficient (Wildman–Crippen LogP) is 2.64. The third-order valence-corrected chi connectivity index (χ3v) is 5.40. The Balaban J connectivity index is 1.70. The van der Waals surface area contributed by atoms with Crippen LogP contribution in [0.1, 0.15) is 21.6 Å². The highest BCUT2D eigenvalue weighted by Gasteiger charge is 2.19. The molecule has 0 saturated heterocycles. The number of carbonyl (C=O) groups excluding carboxylic acids is 1. The van der Waals surface area contributed by atoms with Crippen molar-refractivity contribution in [2.75, 3.05) is 11.1 Å². The first-order valence-corrected chi connectivity index (χ1v) is 8.75. The van der Waals surface area contributed by atoms with Gasteiger partial charge in [0.05, 0.1) is 46.1 Å². The molecular weight excluding hydrogens is 350 g/mol. The molecule has 1 amide bonds. The quantitative estimate of drug-likeness (QED) is 0.579. The van der Waals surface area contributed by atoms with Gasteiger partial charge in [-0.05, 0) is 19.4 Å². The number of nitrogens with one attached hydrogen (secondary N) is 1. The summed E-state index contributed by atoms with van der Waals surface area (Å²) in [6.07, 6.45) is 8.77. The summed E-state index contributed by atoms with van der Waals surface area (Å²) in [4.78, 5) is 18.8. The summed E-state index contributed by atoms with van der Waals surface area (Å²) in [7, 11) is 1.87. The second-order valence-electron chi connectivity index (χ2n) is 6.06. The van der Waals surface area contributed by atoms with Crippen molar-refractivity contribution in [3.05, 3.63) is 47.8 Å². The molecule has 0 aromatic carbocycles. The molecule has 0 aliphatic rings. The zero-order valence-corrected chi connectivity index (χ0v) is 15.3. The number of nitrogen functional groups attached to an aromatic ring is 1. The lowest BCUT2D eigenvalue weighted by atomic mass is 10.1. The zero-order valence-electron chi connectivity index (χ0n) is 14.5. The topological polar surface area (TPSA) is 103 Å². The van der Waals surface area contributed by atoms with E-state index in [0.717, 1.165) is 26.5 Å².